The molecule has 5 heteroatoms. The molecule has 0 saturated heterocycles. The van der Waals surface area contributed by atoms with Crippen LogP contribution in [0, 0.1) is 13.8 Å². The third kappa shape index (κ3) is 3.10. The van der Waals surface area contributed by atoms with E-state index in [-0.39, 0.29) is 0 Å². The second-order valence-corrected chi connectivity index (χ2v) is 5.11. The molecule has 4 N–H and O–H groups in total. The maximum absolute atomic E-state index is 11.1. The van der Waals surface area contributed by atoms with Crippen molar-refractivity contribution < 1.29 is 4.79 Å². The summed E-state index contributed by atoms with van der Waals surface area (Å²) in [6.45, 7) is 8.68. The number of primary amides is 1. The first kappa shape index (κ1) is 14.7. The number of aromatic nitrogens is 2. The molecular weight excluding hydrogens is 228 g/mol. The number of rotatable bonds is 6. The molecule has 0 saturated carbocycles. The Labute approximate surface area is 109 Å². The summed E-state index contributed by atoms with van der Waals surface area (Å²) < 4.78 is 1.99. The number of nitrogens with zero attached hydrogens (tertiary/aromatic N) is 2. The fraction of sp³-hybridized carbons (Fsp3) is 0.692. The molecule has 0 aromatic carbocycles. The molecule has 102 valence electrons. The Morgan fingerprint density at radius 1 is 1.44 bits per heavy atom. The van der Waals surface area contributed by atoms with Crippen LogP contribution in [0.2, 0.25) is 0 Å². The van der Waals surface area contributed by atoms with E-state index in [0.29, 0.717) is 6.42 Å². The number of amides is 1. The van der Waals surface area contributed by atoms with Gasteiger partial charge in [0.15, 0.2) is 0 Å². The molecule has 1 heterocycles. The van der Waals surface area contributed by atoms with E-state index >= 15 is 0 Å². The van der Waals surface area contributed by atoms with Crippen molar-refractivity contribution in [3.8, 4) is 0 Å². The van der Waals surface area contributed by atoms with Crippen LogP contribution < -0.4 is 11.5 Å². The SMILES string of the molecule is CCc1c(C)nn(CCCC(C)(N)C(N)=O)c1C. The predicted octanol–water partition coefficient (Wildman–Crippen LogP) is 1.05. The van der Waals surface area contributed by atoms with Crippen molar-refractivity contribution in [2.45, 2.75) is 59.0 Å². The fourth-order valence-electron chi connectivity index (χ4n) is 2.18. The molecule has 1 unspecified atom stereocenters. The van der Waals surface area contributed by atoms with E-state index < -0.39 is 11.4 Å². The minimum Gasteiger partial charge on any atom is -0.368 e. The van der Waals surface area contributed by atoms with Crippen LogP contribution in [0.4, 0.5) is 0 Å². The van der Waals surface area contributed by atoms with Gasteiger partial charge in [-0.2, -0.15) is 5.10 Å². The minimum atomic E-state index is -0.927. The normalized spacial score (nSPS) is 14.5. The largest absolute Gasteiger partial charge is 0.368 e. The molecule has 0 aliphatic rings. The lowest BCUT2D eigenvalue weighted by Crippen LogP contribution is -2.49. The van der Waals surface area contributed by atoms with Crippen molar-refractivity contribution in [1.29, 1.82) is 0 Å². The molecule has 0 spiro atoms. The van der Waals surface area contributed by atoms with Crippen LogP contribution in [0.1, 0.15) is 43.6 Å². The van der Waals surface area contributed by atoms with Crippen molar-refractivity contribution in [2.75, 3.05) is 0 Å². The topological polar surface area (TPSA) is 86.9 Å². The van der Waals surface area contributed by atoms with Gasteiger partial charge in [0.1, 0.15) is 0 Å². The lowest BCUT2D eigenvalue weighted by Gasteiger charge is -2.20. The first-order valence-corrected chi connectivity index (χ1v) is 6.41. The van der Waals surface area contributed by atoms with Gasteiger partial charge in [0.2, 0.25) is 5.91 Å². The maximum Gasteiger partial charge on any atom is 0.237 e. The van der Waals surface area contributed by atoms with Crippen molar-refractivity contribution in [1.82, 2.24) is 9.78 Å². The average molecular weight is 252 g/mol. The Balaban J connectivity index is 2.63. The molecule has 0 radical (unpaired) electrons. The Hall–Kier alpha value is -1.36. The second kappa shape index (κ2) is 5.52. The number of nitrogens with two attached hydrogens (primary N) is 2. The number of carbonyl (C=O) groups is 1. The molecular formula is C13H24N4O. The molecule has 1 atom stereocenters. The smallest absolute Gasteiger partial charge is 0.237 e. The number of hydrogen-bond acceptors (Lipinski definition) is 3. The zero-order valence-corrected chi connectivity index (χ0v) is 11.8. The van der Waals surface area contributed by atoms with E-state index in [1.54, 1.807) is 6.92 Å². The fourth-order valence-corrected chi connectivity index (χ4v) is 2.18. The highest BCUT2D eigenvalue weighted by Gasteiger charge is 2.24. The molecule has 5 nitrogen and oxygen atoms in total. The average Bonchev–Trinajstić information content (AvgIpc) is 2.53. The molecule has 0 aliphatic carbocycles. The third-order valence-electron chi connectivity index (χ3n) is 3.51. The zero-order chi connectivity index (χ0) is 13.9. The summed E-state index contributed by atoms with van der Waals surface area (Å²) in [5.74, 6) is -0.454. The Morgan fingerprint density at radius 2 is 2.06 bits per heavy atom. The Morgan fingerprint density at radius 3 is 2.50 bits per heavy atom. The third-order valence-corrected chi connectivity index (χ3v) is 3.51. The van der Waals surface area contributed by atoms with Gasteiger partial charge in [-0.15, -0.1) is 0 Å². The van der Waals surface area contributed by atoms with Gasteiger partial charge < -0.3 is 11.5 Å². The van der Waals surface area contributed by atoms with Crippen LogP contribution in [0.3, 0.4) is 0 Å². The van der Waals surface area contributed by atoms with E-state index in [2.05, 4.69) is 18.9 Å². The van der Waals surface area contributed by atoms with Crippen LogP contribution in [-0.4, -0.2) is 21.2 Å². The van der Waals surface area contributed by atoms with Crippen molar-refractivity contribution in [2.24, 2.45) is 11.5 Å². The number of hydrogen-bond donors (Lipinski definition) is 2. The molecule has 0 fully saturated rings. The van der Waals surface area contributed by atoms with Gasteiger partial charge >= 0.3 is 0 Å². The molecule has 1 aromatic rings. The van der Waals surface area contributed by atoms with Gasteiger partial charge in [-0.25, -0.2) is 0 Å². The van der Waals surface area contributed by atoms with Gasteiger partial charge in [-0.1, -0.05) is 6.92 Å². The van der Waals surface area contributed by atoms with Gasteiger partial charge in [-0.3, -0.25) is 9.48 Å². The molecule has 1 rings (SSSR count). The lowest BCUT2D eigenvalue weighted by atomic mass is 9.96. The van der Waals surface area contributed by atoms with Crippen molar-refractivity contribution in [3.05, 3.63) is 17.0 Å². The predicted molar refractivity (Wildman–Crippen MR) is 72.1 cm³/mol. The van der Waals surface area contributed by atoms with Gasteiger partial charge in [0.05, 0.1) is 11.2 Å². The van der Waals surface area contributed by atoms with E-state index in [9.17, 15) is 4.79 Å². The summed E-state index contributed by atoms with van der Waals surface area (Å²) in [5, 5.41) is 4.51. The van der Waals surface area contributed by atoms with Crippen LogP contribution in [0.5, 0.6) is 0 Å². The standard InChI is InChI=1S/C13H24N4O/c1-5-11-9(2)16-17(10(11)3)8-6-7-13(4,15)12(14)18/h5-8,15H2,1-4H3,(H2,14,18). The summed E-state index contributed by atoms with van der Waals surface area (Å²) in [6, 6.07) is 0. The summed E-state index contributed by atoms with van der Waals surface area (Å²) in [4.78, 5) is 11.1. The van der Waals surface area contributed by atoms with E-state index in [4.69, 9.17) is 11.5 Å². The first-order chi connectivity index (χ1) is 8.29. The van der Waals surface area contributed by atoms with E-state index in [1.807, 2.05) is 11.6 Å². The first-order valence-electron chi connectivity index (χ1n) is 6.41. The minimum absolute atomic E-state index is 0.454. The monoisotopic (exact) mass is 252 g/mol. The molecule has 18 heavy (non-hydrogen) atoms. The van der Waals surface area contributed by atoms with Crippen LogP contribution in [-0.2, 0) is 17.8 Å². The van der Waals surface area contributed by atoms with Gasteiger partial charge in [0, 0.05) is 12.2 Å². The highest BCUT2D eigenvalue weighted by molar-refractivity contribution is 5.83. The van der Waals surface area contributed by atoms with Crippen LogP contribution >= 0.6 is 0 Å². The molecule has 1 amide bonds. The van der Waals surface area contributed by atoms with Crippen molar-refractivity contribution in [3.63, 3.8) is 0 Å². The highest BCUT2D eigenvalue weighted by atomic mass is 16.1. The van der Waals surface area contributed by atoms with E-state index in [1.165, 1.54) is 11.3 Å². The molecule has 1 aromatic heterocycles. The van der Waals surface area contributed by atoms with Crippen molar-refractivity contribution >= 4 is 5.91 Å². The molecule has 0 aliphatic heterocycles. The maximum atomic E-state index is 11.1. The quantitative estimate of drug-likeness (QED) is 0.793. The van der Waals surface area contributed by atoms with Crippen LogP contribution in [0.25, 0.3) is 0 Å². The number of aryl methyl sites for hydroxylation is 2. The zero-order valence-electron chi connectivity index (χ0n) is 11.8. The number of carbonyl (C=O) groups excluding carboxylic acids is 1. The van der Waals surface area contributed by atoms with Gasteiger partial charge in [-0.05, 0) is 45.6 Å². The summed E-state index contributed by atoms with van der Waals surface area (Å²) in [7, 11) is 0. The van der Waals surface area contributed by atoms with Crippen LogP contribution in [0.15, 0.2) is 0 Å². The summed E-state index contributed by atoms with van der Waals surface area (Å²) in [5.41, 5.74) is 13.7. The van der Waals surface area contributed by atoms with E-state index in [0.717, 1.165) is 25.1 Å². The highest BCUT2D eigenvalue weighted by Crippen LogP contribution is 2.15. The second-order valence-electron chi connectivity index (χ2n) is 5.11. The Kier molecular flexibility index (Phi) is 4.51. The summed E-state index contributed by atoms with van der Waals surface area (Å²) in [6.07, 6.45) is 2.36. The Bertz CT molecular complexity index is 434. The lowest BCUT2D eigenvalue weighted by molar-refractivity contribution is -0.122. The molecule has 0 bridgehead atoms. The van der Waals surface area contributed by atoms with Gasteiger partial charge in [0.25, 0.3) is 0 Å². The summed E-state index contributed by atoms with van der Waals surface area (Å²) >= 11 is 0.